The van der Waals surface area contributed by atoms with Crippen molar-refractivity contribution in [3.63, 3.8) is 0 Å². The quantitative estimate of drug-likeness (QED) is 0.672. The monoisotopic (exact) mass is 212 g/mol. The van der Waals surface area contributed by atoms with Crippen LogP contribution in [-0.4, -0.2) is 30.1 Å². The van der Waals surface area contributed by atoms with Gasteiger partial charge in [-0.25, -0.2) is 4.79 Å². The van der Waals surface area contributed by atoms with Gasteiger partial charge in [0.15, 0.2) is 5.79 Å². The second-order valence-electron chi connectivity index (χ2n) is 4.14. The van der Waals surface area contributed by atoms with E-state index in [2.05, 4.69) is 0 Å². The number of hydrogen-bond donors (Lipinski definition) is 1. The zero-order valence-electron chi connectivity index (χ0n) is 8.91. The summed E-state index contributed by atoms with van der Waals surface area (Å²) in [6.45, 7) is 3.00. The first kappa shape index (κ1) is 10.6. The van der Waals surface area contributed by atoms with Gasteiger partial charge in [0.1, 0.15) is 0 Å². The van der Waals surface area contributed by atoms with Crippen molar-refractivity contribution in [1.29, 1.82) is 0 Å². The van der Waals surface area contributed by atoms with Crippen LogP contribution in [0.1, 0.15) is 32.6 Å². The van der Waals surface area contributed by atoms with Crippen LogP contribution in [0.5, 0.6) is 0 Å². The lowest BCUT2D eigenvalue weighted by Gasteiger charge is -2.32. The molecule has 0 unspecified atom stereocenters. The Labute approximate surface area is 88.9 Å². The van der Waals surface area contributed by atoms with Crippen LogP contribution in [0.4, 0.5) is 0 Å². The van der Waals surface area contributed by atoms with Crippen molar-refractivity contribution in [2.24, 2.45) is 0 Å². The molecule has 1 aliphatic carbocycles. The predicted molar refractivity (Wildman–Crippen MR) is 53.4 cm³/mol. The lowest BCUT2D eigenvalue weighted by Crippen LogP contribution is -2.33. The Kier molecular flexibility index (Phi) is 2.80. The van der Waals surface area contributed by atoms with Gasteiger partial charge in [-0.3, -0.25) is 0 Å². The second-order valence-corrected chi connectivity index (χ2v) is 4.14. The van der Waals surface area contributed by atoms with Crippen LogP contribution in [0.2, 0.25) is 0 Å². The lowest BCUT2D eigenvalue weighted by atomic mass is 9.87. The fourth-order valence-corrected chi connectivity index (χ4v) is 2.24. The van der Waals surface area contributed by atoms with Gasteiger partial charge in [0.25, 0.3) is 0 Å². The average molecular weight is 212 g/mol. The molecule has 2 fully saturated rings. The van der Waals surface area contributed by atoms with Crippen LogP contribution < -0.4 is 0 Å². The van der Waals surface area contributed by atoms with Gasteiger partial charge in [-0.05, 0) is 19.8 Å². The van der Waals surface area contributed by atoms with Gasteiger partial charge in [-0.2, -0.15) is 0 Å². The van der Waals surface area contributed by atoms with Crippen molar-refractivity contribution < 1.29 is 19.4 Å². The summed E-state index contributed by atoms with van der Waals surface area (Å²) in [6.07, 6.45) is 3.12. The van der Waals surface area contributed by atoms with E-state index in [1.165, 1.54) is 0 Å². The number of rotatable bonds is 1. The molecule has 0 radical (unpaired) electrons. The second kappa shape index (κ2) is 3.94. The van der Waals surface area contributed by atoms with Crippen molar-refractivity contribution >= 4 is 5.97 Å². The Hall–Kier alpha value is -0.870. The predicted octanol–water partition coefficient (Wildman–Crippen LogP) is 1.70. The summed E-state index contributed by atoms with van der Waals surface area (Å²) < 4.78 is 11.2. The van der Waals surface area contributed by atoms with Crippen molar-refractivity contribution in [2.45, 2.75) is 38.4 Å². The molecule has 1 spiro atoms. The van der Waals surface area contributed by atoms with Gasteiger partial charge in [-0.1, -0.05) is 5.57 Å². The summed E-state index contributed by atoms with van der Waals surface area (Å²) >= 11 is 0. The summed E-state index contributed by atoms with van der Waals surface area (Å²) in [6, 6.07) is 0. The molecule has 0 bridgehead atoms. The van der Waals surface area contributed by atoms with E-state index in [0.717, 1.165) is 31.3 Å². The first-order valence-corrected chi connectivity index (χ1v) is 5.33. The van der Waals surface area contributed by atoms with Crippen LogP contribution in [0, 0.1) is 0 Å². The van der Waals surface area contributed by atoms with E-state index in [0.29, 0.717) is 18.8 Å². The molecular formula is C11H16O4. The summed E-state index contributed by atoms with van der Waals surface area (Å²) in [5, 5.41) is 8.87. The third-order valence-corrected chi connectivity index (χ3v) is 3.28. The molecule has 2 aliphatic rings. The lowest BCUT2D eigenvalue weighted by molar-refractivity contribution is -0.171. The highest BCUT2D eigenvalue weighted by molar-refractivity contribution is 5.86. The maximum absolute atomic E-state index is 10.8. The Morgan fingerprint density at radius 1 is 1.27 bits per heavy atom. The third-order valence-electron chi connectivity index (χ3n) is 3.28. The van der Waals surface area contributed by atoms with Crippen molar-refractivity contribution in [2.75, 3.05) is 13.2 Å². The first-order chi connectivity index (χ1) is 7.13. The first-order valence-electron chi connectivity index (χ1n) is 5.33. The largest absolute Gasteiger partial charge is 0.478 e. The van der Waals surface area contributed by atoms with Gasteiger partial charge in [-0.15, -0.1) is 0 Å². The smallest absolute Gasteiger partial charge is 0.331 e. The number of ether oxygens (including phenoxy) is 2. The molecule has 0 atom stereocenters. The zero-order valence-corrected chi connectivity index (χ0v) is 8.91. The van der Waals surface area contributed by atoms with E-state index in [4.69, 9.17) is 14.6 Å². The fourth-order valence-electron chi connectivity index (χ4n) is 2.24. The average Bonchev–Trinajstić information content (AvgIpc) is 2.67. The molecule has 1 heterocycles. The van der Waals surface area contributed by atoms with Gasteiger partial charge < -0.3 is 14.6 Å². The minimum atomic E-state index is -0.811. The number of carboxylic acids is 1. The molecule has 0 aromatic carbocycles. The molecule has 0 aromatic rings. The minimum absolute atomic E-state index is 0.401. The molecule has 0 aromatic heterocycles. The van der Waals surface area contributed by atoms with Crippen LogP contribution in [0.15, 0.2) is 11.1 Å². The number of carbonyl (C=O) groups is 1. The summed E-state index contributed by atoms with van der Waals surface area (Å²) in [5.74, 6) is -1.21. The van der Waals surface area contributed by atoms with Crippen LogP contribution in [0.25, 0.3) is 0 Å². The number of allylic oxidation sites excluding steroid dienone is 1. The molecule has 4 heteroatoms. The number of aliphatic carboxylic acids is 1. The highest BCUT2D eigenvalue weighted by atomic mass is 16.7. The van der Waals surface area contributed by atoms with Crippen molar-refractivity contribution in [1.82, 2.24) is 0 Å². The van der Waals surface area contributed by atoms with E-state index < -0.39 is 11.8 Å². The van der Waals surface area contributed by atoms with Crippen molar-refractivity contribution in [3.05, 3.63) is 11.1 Å². The van der Waals surface area contributed by atoms with Crippen LogP contribution in [-0.2, 0) is 14.3 Å². The van der Waals surface area contributed by atoms with Gasteiger partial charge >= 0.3 is 5.97 Å². The van der Waals surface area contributed by atoms with Gasteiger partial charge in [0.05, 0.1) is 13.2 Å². The molecule has 2 rings (SSSR count). The summed E-state index contributed by atoms with van der Waals surface area (Å²) in [4.78, 5) is 10.8. The molecule has 1 aliphatic heterocycles. The Morgan fingerprint density at radius 2 is 1.80 bits per heavy atom. The number of carboxylic acid groups (broad SMARTS) is 1. The highest BCUT2D eigenvalue weighted by Crippen LogP contribution is 2.38. The van der Waals surface area contributed by atoms with Crippen molar-refractivity contribution in [3.8, 4) is 0 Å². The van der Waals surface area contributed by atoms with E-state index in [9.17, 15) is 4.79 Å². The zero-order chi connectivity index (χ0) is 10.9. The standard InChI is InChI=1S/C11H16O4/c1-8(10(12)13)9-2-4-11(5-3-9)14-6-7-15-11/h2-7H2,1H3,(H,12,13). The SMILES string of the molecule is CC(C(=O)O)=C1CCC2(CC1)OCCO2. The maximum atomic E-state index is 10.8. The molecule has 84 valence electrons. The normalized spacial score (nSPS) is 24.5. The molecule has 1 N–H and O–H groups in total. The van der Waals surface area contributed by atoms with E-state index in [1.807, 2.05) is 0 Å². The number of hydrogen-bond acceptors (Lipinski definition) is 3. The summed E-state index contributed by atoms with van der Waals surface area (Å²) in [7, 11) is 0. The minimum Gasteiger partial charge on any atom is -0.478 e. The molecular weight excluding hydrogens is 196 g/mol. The molecule has 4 nitrogen and oxygen atoms in total. The van der Waals surface area contributed by atoms with Gasteiger partial charge in [0, 0.05) is 18.4 Å². The maximum Gasteiger partial charge on any atom is 0.331 e. The van der Waals surface area contributed by atoms with E-state index in [1.54, 1.807) is 6.92 Å². The molecule has 15 heavy (non-hydrogen) atoms. The van der Waals surface area contributed by atoms with E-state index in [-0.39, 0.29) is 0 Å². The Bertz CT molecular complexity index is 288. The van der Waals surface area contributed by atoms with Crippen LogP contribution in [0.3, 0.4) is 0 Å². The molecule has 0 amide bonds. The Balaban J connectivity index is 2.03. The third kappa shape index (κ3) is 2.06. The highest BCUT2D eigenvalue weighted by Gasteiger charge is 2.39. The van der Waals surface area contributed by atoms with Crippen LogP contribution >= 0.6 is 0 Å². The molecule has 1 saturated heterocycles. The topological polar surface area (TPSA) is 55.8 Å². The van der Waals surface area contributed by atoms with E-state index >= 15 is 0 Å². The fraction of sp³-hybridized carbons (Fsp3) is 0.727. The molecule has 1 saturated carbocycles. The Morgan fingerprint density at radius 3 is 2.27 bits per heavy atom. The van der Waals surface area contributed by atoms with Gasteiger partial charge in [0.2, 0.25) is 0 Å². The summed E-state index contributed by atoms with van der Waals surface area (Å²) in [5.41, 5.74) is 1.52.